The highest BCUT2D eigenvalue weighted by atomic mass is 16.5. The summed E-state index contributed by atoms with van der Waals surface area (Å²) < 4.78 is 10.9. The zero-order valence-corrected chi connectivity index (χ0v) is 15.6. The lowest BCUT2D eigenvalue weighted by atomic mass is 10.1. The number of carbonyl (C=O) groups excluding carboxylic acids is 1. The maximum atomic E-state index is 11.1. The topological polar surface area (TPSA) is 50.8 Å². The van der Waals surface area contributed by atoms with Crippen LogP contribution in [0.25, 0.3) is 6.08 Å². The summed E-state index contributed by atoms with van der Waals surface area (Å²) >= 11 is 0. The molecule has 2 rings (SSSR count). The van der Waals surface area contributed by atoms with E-state index in [2.05, 4.69) is 24.3 Å². The molecule has 5 nitrogen and oxygen atoms in total. The van der Waals surface area contributed by atoms with Crippen molar-refractivity contribution in [3.8, 4) is 11.5 Å². The lowest BCUT2D eigenvalue weighted by Gasteiger charge is -2.10. The smallest absolute Gasteiger partial charge is 0.150 e. The minimum Gasteiger partial charge on any atom is -0.497 e. The van der Waals surface area contributed by atoms with Gasteiger partial charge in [0.2, 0.25) is 0 Å². The van der Waals surface area contributed by atoms with E-state index < -0.39 is 0 Å². The molecule has 0 radical (unpaired) electrons. The molecular weight excluding hydrogens is 328 g/mol. The van der Waals surface area contributed by atoms with Crippen molar-refractivity contribution < 1.29 is 14.3 Å². The molecule has 2 aromatic carbocycles. The molecule has 0 unspecified atom stereocenters. The standard InChI is InChI=1S/C21H26N2O3/c1-23(2)13-4-14-26-20-9-6-19(7-10-20)22-12-11-17-15-21(25-3)8-5-18(17)16-24/h5-12,15-16,22H,4,13-14H2,1-3H3/b12-11-. The quantitative estimate of drug-likeness (QED) is 0.518. The molecule has 0 heterocycles. The van der Waals surface area contributed by atoms with Crippen LogP contribution in [0.15, 0.2) is 48.7 Å². The van der Waals surface area contributed by atoms with Gasteiger partial charge in [0.25, 0.3) is 0 Å². The van der Waals surface area contributed by atoms with Gasteiger partial charge in [0.1, 0.15) is 11.5 Å². The molecule has 26 heavy (non-hydrogen) atoms. The summed E-state index contributed by atoms with van der Waals surface area (Å²) in [6.07, 6.45) is 5.48. The molecule has 0 amide bonds. The Balaban J connectivity index is 1.89. The van der Waals surface area contributed by atoms with Crippen LogP contribution >= 0.6 is 0 Å². The summed E-state index contributed by atoms with van der Waals surface area (Å²) in [6, 6.07) is 13.1. The molecule has 5 heteroatoms. The molecule has 0 aliphatic heterocycles. The van der Waals surface area contributed by atoms with E-state index >= 15 is 0 Å². The number of nitrogens with zero attached hydrogens (tertiary/aromatic N) is 1. The van der Waals surface area contributed by atoms with Crippen LogP contribution < -0.4 is 14.8 Å². The van der Waals surface area contributed by atoms with E-state index in [9.17, 15) is 4.79 Å². The summed E-state index contributed by atoms with van der Waals surface area (Å²) in [5.41, 5.74) is 2.36. The van der Waals surface area contributed by atoms with Gasteiger partial charge in [0.15, 0.2) is 6.29 Å². The maximum absolute atomic E-state index is 11.1. The lowest BCUT2D eigenvalue weighted by Crippen LogP contribution is -2.15. The minimum atomic E-state index is 0.616. The number of carbonyl (C=O) groups is 1. The van der Waals surface area contributed by atoms with Crippen molar-refractivity contribution in [3.63, 3.8) is 0 Å². The SMILES string of the molecule is COc1ccc(C=O)c(/C=C\Nc2ccc(OCCCN(C)C)cc2)c1. The minimum absolute atomic E-state index is 0.616. The van der Waals surface area contributed by atoms with Gasteiger partial charge in [-0.1, -0.05) is 0 Å². The van der Waals surface area contributed by atoms with E-state index in [1.807, 2.05) is 36.4 Å². The van der Waals surface area contributed by atoms with E-state index in [4.69, 9.17) is 9.47 Å². The van der Waals surface area contributed by atoms with Crippen LogP contribution in [0.4, 0.5) is 5.69 Å². The van der Waals surface area contributed by atoms with Gasteiger partial charge in [-0.25, -0.2) is 0 Å². The van der Waals surface area contributed by atoms with E-state index in [0.29, 0.717) is 17.9 Å². The highest BCUT2D eigenvalue weighted by Gasteiger charge is 2.01. The summed E-state index contributed by atoms with van der Waals surface area (Å²) in [4.78, 5) is 13.3. The third-order valence-electron chi connectivity index (χ3n) is 3.81. The second-order valence-corrected chi connectivity index (χ2v) is 6.12. The third kappa shape index (κ3) is 6.26. The number of hydrogen-bond donors (Lipinski definition) is 1. The molecule has 0 bridgehead atoms. The molecule has 0 atom stereocenters. The highest BCUT2D eigenvalue weighted by Crippen LogP contribution is 2.19. The van der Waals surface area contributed by atoms with Gasteiger partial charge in [-0.15, -0.1) is 0 Å². The molecule has 0 aliphatic carbocycles. The highest BCUT2D eigenvalue weighted by molar-refractivity contribution is 5.82. The van der Waals surface area contributed by atoms with Gasteiger partial charge in [0, 0.05) is 24.0 Å². The van der Waals surface area contributed by atoms with E-state index in [1.54, 1.807) is 25.4 Å². The summed E-state index contributed by atoms with van der Waals surface area (Å²) in [5, 5.41) is 3.19. The number of anilines is 1. The van der Waals surface area contributed by atoms with Gasteiger partial charge >= 0.3 is 0 Å². The van der Waals surface area contributed by atoms with Crippen LogP contribution in [0.2, 0.25) is 0 Å². The van der Waals surface area contributed by atoms with Crippen molar-refractivity contribution in [2.45, 2.75) is 6.42 Å². The number of aldehydes is 1. The van der Waals surface area contributed by atoms with Crippen molar-refractivity contribution in [1.82, 2.24) is 4.90 Å². The first-order valence-corrected chi connectivity index (χ1v) is 8.56. The average Bonchev–Trinajstić information content (AvgIpc) is 2.66. The Kier molecular flexibility index (Phi) is 7.71. The third-order valence-corrected chi connectivity index (χ3v) is 3.81. The first kappa shape index (κ1) is 19.5. The molecule has 138 valence electrons. The Bertz CT molecular complexity index is 725. The van der Waals surface area contributed by atoms with Crippen molar-refractivity contribution in [1.29, 1.82) is 0 Å². The predicted octanol–water partition coefficient (Wildman–Crippen LogP) is 3.92. The fraction of sp³-hybridized carbons (Fsp3) is 0.286. The number of methoxy groups -OCH3 is 1. The predicted molar refractivity (Wildman–Crippen MR) is 106 cm³/mol. The van der Waals surface area contributed by atoms with Crippen molar-refractivity contribution in [2.75, 3.05) is 39.7 Å². The Morgan fingerprint density at radius 1 is 1.04 bits per heavy atom. The number of benzene rings is 2. The molecule has 2 aromatic rings. The number of rotatable bonds is 10. The number of nitrogens with one attached hydrogen (secondary N) is 1. The monoisotopic (exact) mass is 354 g/mol. The van der Waals surface area contributed by atoms with Crippen LogP contribution in [0.5, 0.6) is 11.5 Å². The molecule has 1 N–H and O–H groups in total. The normalized spacial score (nSPS) is 10.9. The largest absolute Gasteiger partial charge is 0.497 e. The average molecular weight is 354 g/mol. The van der Waals surface area contributed by atoms with E-state index in [1.165, 1.54) is 0 Å². The Hall–Kier alpha value is -2.79. The molecule has 0 saturated heterocycles. The number of ether oxygens (including phenoxy) is 2. The molecule has 0 fully saturated rings. The second-order valence-electron chi connectivity index (χ2n) is 6.12. The first-order chi connectivity index (χ1) is 12.6. The zero-order valence-electron chi connectivity index (χ0n) is 15.6. The molecule has 0 aliphatic rings. The van der Waals surface area contributed by atoms with E-state index in [-0.39, 0.29) is 0 Å². The van der Waals surface area contributed by atoms with Crippen LogP contribution in [0.1, 0.15) is 22.3 Å². The van der Waals surface area contributed by atoms with Crippen molar-refractivity contribution in [2.24, 2.45) is 0 Å². The summed E-state index contributed by atoms with van der Waals surface area (Å²) in [7, 11) is 5.71. The van der Waals surface area contributed by atoms with Crippen LogP contribution in [0, 0.1) is 0 Å². The second kappa shape index (κ2) is 10.3. The van der Waals surface area contributed by atoms with Crippen molar-refractivity contribution >= 4 is 18.0 Å². The Morgan fingerprint density at radius 3 is 2.42 bits per heavy atom. The molecule has 0 saturated carbocycles. The summed E-state index contributed by atoms with van der Waals surface area (Å²) in [6.45, 7) is 1.71. The Morgan fingerprint density at radius 2 is 1.77 bits per heavy atom. The van der Waals surface area contributed by atoms with Gasteiger partial charge in [-0.3, -0.25) is 4.79 Å². The molecule has 0 aromatic heterocycles. The fourth-order valence-electron chi connectivity index (χ4n) is 2.38. The van der Waals surface area contributed by atoms with Crippen LogP contribution in [-0.2, 0) is 0 Å². The van der Waals surface area contributed by atoms with Gasteiger partial charge < -0.3 is 19.7 Å². The van der Waals surface area contributed by atoms with Gasteiger partial charge in [-0.2, -0.15) is 0 Å². The summed E-state index contributed by atoms with van der Waals surface area (Å²) in [5.74, 6) is 1.57. The number of hydrogen-bond acceptors (Lipinski definition) is 5. The fourth-order valence-corrected chi connectivity index (χ4v) is 2.38. The van der Waals surface area contributed by atoms with Crippen LogP contribution in [-0.4, -0.2) is 45.5 Å². The Labute approximate surface area is 155 Å². The van der Waals surface area contributed by atoms with Gasteiger partial charge in [-0.05, 0) is 74.6 Å². The first-order valence-electron chi connectivity index (χ1n) is 8.56. The molecule has 0 spiro atoms. The maximum Gasteiger partial charge on any atom is 0.150 e. The van der Waals surface area contributed by atoms with E-state index in [0.717, 1.165) is 36.3 Å². The molecular formula is C21H26N2O3. The zero-order chi connectivity index (χ0) is 18.8. The van der Waals surface area contributed by atoms with Crippen LogP contribution in [0.3, 0.4) is 0 Å². The lowest BCUT2D eigenvalue weighted by molar-refractivity contribution is 0.112. The van der Waals surface area contributed by atoms with Gasteiger partial charge in [0.05, 0.1) is 13.7 Å². The van der Waals surface area contributed by atoms with Crippen molar-refractivity contribution in [3.05, 3.63) is 59.8 Å².